The lowest BCUT2D eigenvalue weighted by Gasteiger charge is -2.10. The molecule has 0 N–H and O–H groups in total. The molecule has 0 saturated heterocycles. The number of ether oxygens (including phenoxy) is 7. The van der Waals surface area contributed by atoms with Crippen LogP contribution in [0.15, 0.2) is 98.1 Å². The van der Waals surface area contributed by atoms with E-state index < -0.39 is 17.9 Å². The molecule has 0 fully saturated rings. The van der Waals surface area contributed by atoms with E-state index in [4.69, 9.17) is 33.2 Å². The van der Waals surface area contributed by atoms with Crippen molar-refractivity contribution in [1.29, 1.82) is 0 Å². The molecule has 0 aliphatic rings. The lowest BCUT2D eigenvalue weighted by Crippen LogP contribution is -2.09. The minimum atomic E-state index is -0.479. The standard InChI is InChI=1S/C34H36O10/c1-3-32(35)41-22-5-20-39-28-13-9-27(10-14-28)34(37)44-31-11-7-26(8-12-31)19-24-38-25-43-30-17-15-29(16-18-30)40-21-6-23-42-33(36)4-2/h3-4,7-18H,1-2,5-6,19-25H2. The Balaban J connectivity index is 1.28. The molecule has 44 heavy (non-hydrogen) atoms. The molecule has 0 atom stereocenters. The van der Waals surface area contributed by atoms with Gasteiger partial charge in [0, 0.05) is 25.0 Å². The summed E-state index contributed by atoms with van der Waals surface area (Å²) in [6, 6.07) is 21.0. The predicted octanol–water partition coefficient (Wildman–Crippen LogP) is 5.50. The summed E-state index contributed by atoms with van der Waals surface area (Å²) in [7, 11) is 0. The Bertz CT molecular complexity index is 1330. The molecule has 0 aromatic heterocycles. The van der Waals surface area contributed by atoms with Crippen LogP contribution in [0.5, 0.6) is 23.0 Å². The summed E-state index contributed by atoms with van der Waals surface area (Å²) >= 11 is 0. The van der Waals surface area contributed by atoms with Crippen LogP contribution < -0.4 is 18.9 Å². The van der Waals surface area contributed by atoms with Crippen molar-refractivity contribution in [2.75, 3.05) is 39.8 Å². The molecule has 0 unspecified atom stereocenters. The number of carbonyl (C=O) groups excluding carboxylic acids is 3. The van der Waals surface area contributed by atoms with Gasteiger partial charge in [-0.2, -0.15) is 0 Å². The SMILES string of the molecule is C=CC(=O)OCCCOc1ccc(OCOCCc2ccc(OC(=O)c3ccc(OCCCOC(=O)C=C)cc3)cc2)cc1. The summed E-state index contributed by atoms with van der Waals surface area (Å²) in [5.41, 5.74) is 1.41. The summed E-state index contributed by atoms with van der Waals surface area (Å²) < 4.78 is 37.6. The van der Waals surface area contributed by atoms with Crippen LogP contribution in [0.3, 0.4) is 0 Å². The molecule has 0 aliphatic heterocycles. The molecule has 232 valence electrons. The predicted molar refractivity (Wildman–Crippen MR) is 162 cm³/mol. The first-order chi connectivity index (χ1) is 21.5. The molecule has 3 rings (SSSR count). The van der Waals surface area contributed by atoms with Gasteiger partial charge in [0.2, 0.25) is 0 Å². The van der Waals surface area contributed by atoms with Gasteiger partial charge in [-0.3, -0.25) is 0 Å². The van der Waals surface area contributed by atoms with E-state index in [0.717, 1.165) is 17.7 Å². The van der Waals surface area contributed by atoms with Crippen molar-refractivity contribution < 1.29 is 47.5 Å². The van der Waals surface area contributed by atoms with Gasteiger partial charge in [-0.25, -0.2) is 14.4 Å². The highest BCUT2D eigenvalue weighted by Crippen LogP contribution is 2.19. The van der Waals surface area contributed by atoms with Gasteiger partial charge in [0.05, 0.1) is 38.6 Å². The second-order valence-corrected chi connectivity index (χ2v) is 9.10. The molecule has 0 amide bonds. The van der Waals surface area contributed by atoms with E-state index >= 15 is 0 Å². The lowest BCUT2D eigenvalue weighted by atomic mass is 10.1. The van der Waals surface area contributed by atoms with Gasteiger partial charge in [0.25, 0.3) is 0 Å². The molecule has 0 saturated carbocycles. The van der Waals surface area contributed by atoms with Crippen molar-refractivity contribution in [2.45, 2.75) is 19.3 Å². The highest BCUT2D eigenvalue weighted by molar-refractivity contribution is 5.91. The first kappa shape index (κ1) is 33.4. The fourth-order valence-electron chi connectivity index (χ4n) is 3.53. The van der Waals surface area contributed by atoms with Gasteiger partial charge in [-0.05, 0) is 72.6 Å². The largest absolute Gasteiger partial charge is 0.493 e. The van der Waals surface area contributed by atoms with E-state index in [-0.39, 0.29) is 20.0 Å². The third-order valence-corrected chi connectivity index (χ3v) is 5.83. The Morgan fingerprint density at radius 3 is 1.57 bits per heavy atom. The van der Waals surface area contributed by atoms with E-state index in [1.54, 1.807) is 60.7 Å². The first-order valence-electron chi connectivity index (χ1n) is 14.0. The van der Waals surface area contributed by atoms with Crippen molar-refractivity contribution in [2.24, 2.45) is 0 Å². The number of hydrogen-bond acceptors (Lipinski definition) is 10. The van der Waals surface area contributed by atoms with Crippen molar-refractivity contribution in [1.82, 2.24) is 0 Å². The maximum Gasteiger partial charge on any atom is 0.343 e. The fourth-order valence-corrected chi connectivity index (χ4v) is 3.53. The van der Waals surface area contributed by atoms with Gasteiger partial charge in [-0.15, -0.1) is 0 Å². The third-order valence-electron chi connectivity index (χ3n) is 5.83. The Morgan fingerprint density at radius 1 is 0.568 bits per heavy atom. The number of rotatable bonds is 20. The summed E-state index contributed by atoms with van der Waals surface area (Å²) in [5, 5.41) is 0. The van der Waals surface area contributed by atoms with Crippen molar-refractivity contribution in [3.05, 3.63) is 109 Å². The van der Waals surface area contributed by atoms with Crippen molar-refractivity contribution in [3.63, 3.8) is 0 Å². The zero-order valence-electron chi connectivity index (χ0n) is 24.4. The number of benzene rings is 3. The maximum absolute atomic E-state index is 12.5. The summed E-state index contributed by atoms with van der Waals surface area (Å²) in [5.74, 6) is 0.962. The lowest BCUT2D eigenvalue weighted by molar-refractivity contribution is -0.138. The Hall–Kier alpha value is -5.09. The van der Waals surface area contributed by atoms with Crippen LogP contribution >= 0.6 is 0 Å². The van der Waals surface area contributed by atoms with Crippen LogP contribution in [-0.2, 0) is 30.2 Å². The zero-order chi connectivity index (χ0) is 31.4. The smallest absolute Gasteiger partial charge is 0.343 e. The third kappa shape index (κ3) is 12.8. The second kappa shape index (κ2) is 19.2. The Morgan fingerprint density at radius 2 is 1.05 bits per heavy atom. The first-order valence-corrected chi connectivity index (χ1v) is 14.0. The topological polar surface area (TPSA) is 116 Å². The Kier molecular flexibility index (Phi) is 14.6. The van der Waals surface area contributed by atoms with Crippen molar-refractivity contribution in [3.8, 4) is 23.0 Å². The molecule has 0 bridgehead atoms. The number of esters is 3. The van der Waals surface area contributed by atoms with E-state index in [1.807, 2.05) is 12.1 Å². The van der Waals surface area contributed by atoms with Gasteiger partial charge < -0.3 is 33.2 Å². The van der Waals surface area contributed by atoms with Gasteiger partial charge in [0.15, 0.2) is 6.79 Å². The van der Waals surface area contributed by atoms with Gasteiger partial charge in [0.1, 0.15) is 23.0 Å². The van der Waals surface area contributed by atoms with E-state index in [9.17, 15) is 14.4 Å². The van der Waals surface area contributed by atoms with Crippen LogP contribution in [0, 0.1) is 0 Å². The fraction of sp³-hybridized carbons (Fsp3) is 0.265. The number of hydrogen-bond donors (Lipinski definition) is 0. The quantitative estimate of drug-likeness (QED) is 0.0538. The zero-order valence-corrected chi connectivity index (χ0v) is 24.4. The Labute approximate surface area is 256 Å². The van der Waals surface area contributed by atoms with Crippen LogP contribution in [-0.4, -0.2) is 57.7 Å². The average molecular weight is 605 g/mol. The molecule has 0 radical (unpaired) electrons. The molecular formula is C34H36O10. The minimum Gasteiger partial charge on any atom is -0.493 e. The van der Waals surface area contributed by atoms with Crippen LogP contribution in [0.4, 0.5) is 0 Å². The van der Waals surface area contributed by atoms with Crippen LogP contribution in [0.2, 0.25) is 0 Å². The normalized spacial score (nSPS) is 10.3. The highest BCUT2D eigenvalue weighted by atomic mass is 16.7. The van der Waals surface area contributed by atoms with Crippen LogP contribution in [0.1, 0.15) is 28.8 Å². The molecule has 3 aromatic rings. The molecule has 0 spiro atoms. The molecular weight excluding hydrogens is 568 g/mol. The molecule has 3 aromatic carbocycles. The van der Waals surface area contributed by atoms with E-state index in [0.29, 0.717) is 67.6 Å². The van der Waals surface area contributed by atoms with Crippen molar-refractivity contribution >= 4 is 17.9 Å². The maximum atomic E-state index is 12.5. The monoisotopic (exact) mass is 604 g/mol. The number of carbonyl (C=O) groups is 3. The van der Waals surface area contributed by atoms with Crippen LogP contribution in [0.25, 0.3) is 0 Å². The average Bonchev–Trinajstić information content (AvgIpc) is 3.05. The van der Waals surface area contributed by atoms with E-state index in [2.05, 4.69) is 13.2 Å². The molecule has 0 heterocycles. The minimum absolute atomic E-state index is 0.0968. The molecule has 0 aliphatic carbocycles. The summed E-state index contributed by atoms with van der Waals surface area (Å²) in [6.07, 6.45) is 4.01. The second-order valence-electron chi connectivity index (χ2n) is 9.10. The van der Waals surface area contributed by atoms with Gasteiger partial charge in [-0.1, -0.05) is 25.3 Å². The summed E-state index contributed by atoms with van der Waals surface area (Å²) in [4.78, 5) is 34.5. The molecule has 10 nitrogen and oxygen atoms in total. The van der Waals surface area contributed by atoms with E-state index in [1.165, 1.54) is 0 Å². The van der Waals surface area contributed by atoms with Gasteiger partial charge >= 0.3 is 17.9 Å². The summed E-state index contributed by atoms with van der Waals surface area (Å²) in [6.45, 7) is 8.52. The highest BCUT2D eigenvalue weighted by Gasteiger charge is 2.09. The molecule has 10 heteroatoms.